The fourth-order valence-corrected chi connectivity index (χ4v) is 4.09. The lowest BCUT2D eigenvalue weighted by atomic mass is 10.2. The Morgan fingerprint density at radius 2 is 1.70 bits per heavy atom. The number of carbonyl (C=O) groups excluding carboxylic acids is 1. The zero-order valence-electron chi connectivity index (χ0n) is 17.7. The van der Waals surface area contributed by atoms with Gasteiger partial charge in [-0.25, -0.2) is 13.8 Å². The molecule has 0 fully saturated rings. The molecule has 0 saturated carbocycles. The molecule has 1 aliphatic carbocycles. The van der Waals surface area contributed by atoms with Crippen LogP contribution in [0.1, 0.15) is 33.9 Å². The van der Waals surface area contributed by atoms with Crippen molar-refractivity contribution in [2.75, 3.05) is 5.32 Å². The van der Waals surface area contributed by atoms with Gasteiger partial charge in [0.15, 0.2) is 5.69 Å². The molecule has 4 aromatic rings. The first-order chi connectivity index (χ1) is 15.9. The maximum Gasteiger partial charge on any atom is 0.277 e. The second-order valence-corrected chi connectivity index (χ2v) is 7.83. The summed E-state index contributed by atoms with van der Waals surface area (Å²) in [7, 11) is 0. The maximum atomic E-state index is 13.4. The molecule has 10 heteroatoms. The second kappa shape index (κ2) is 7.97. The number of nitrogens with zero attached hydrogens (tertiary/aromatic N) is 5. The number of carbonyl (C=O) groups is 1. The predicted octanol–water partition coefficient (Wildman–Crippen LogP) is 4.15. The monoisotopic (exact) mass is 446 g/mol. The zero-order valence-corrected chi connectivity index (χ0v) is 17.7. The van der Waals surface area contributed by atoms with Crippen LogP contribution in [0.25, 0.3) is 11.4 Å². The molecule has 0 atom stereocenters. The fourth-order valence-electron chi connectivity index (χ4n) is 4.09. The van der Waals surface area contributed by atoms with Gasteiger partial charge in [-0.15, -0.1) is 0 Å². The van der Waals surface area contributed by atoms with Gasteiger partial charge in [0.1, 0.15) is 11.6 Å². The van der Waals surface area contributed by atoms with E-state index < -0.39 is 4.92 Å². The van der Waals surface area contributed by atoms with Gasteiger partial charge >= 0.3 is 0 Å². The van der Waals surface area contributed by atoms with Crippen LogP contribution in [0.2, 0.25) is 0 Å². The summed E-state index contributed by atoms with van der Waals surface area (Å²) in [5.41, 5.74) is 4.06. The summed E-state index contributed by atoms with van der Waals surface area (Å²) in [5.74, 6) is -0.290. The Labute approximate surface area is 187 Å². The molecule has 0 spiro atoms. The van der Waals surface area contributed by atoms with Crippen molar-refractivity contribution < 1.29 is 14.1 Å². The normalized spacial score (nSPS) is 12.5. The summed E-state index contributed by atoms with van der Waals surface area (Å²) in [5, 5.41) is 22.8. The van der Waals surface area contributed by atoms with Gasteiger partial charge in [-0.3, -0.25) is 14.9 Å². The van der Waals surface area contributed by atoms with Gasteiger partial charge in [-0.2, -0.15) is 10.2 Å². The molecule has 33 heavy (non-hydrogen) atoms. The lowest BCUT2D eigenvalue weighted by Crippen LogP contribution is -2.17. The second-order valence-electron chi connectivity index (χ2n) is 7.83. The molecule has 1 aliphatic rings. The van der Waals surface area contributed by atoms with Gasteiger partial charge in [-0.05, 0) is 62.6 Å². The number of fused-ring (bicyclic) bond motifs is 1. The highest BCUT2D eigenvalue weighted by Crippen LogP contribution is 2.29. The molecule has 0 unspecified atom stereocenters. The van der Waals surface area contributed by atoms with E-state index in [0.717, 1.165) is 30.5 Å². The molecule has 0 aliphatic heterocycles. The summed E-state index contributed by atoms with van der Waals surface area (Å²) in [6, 6.07) is 13.6. The summed E-state index contributed by atoms with van der Waals surface area (Å²) in [6.07, 6.45) is 2.43. The van der Waals surface area contributed by atoms with E-state index in [9.17, 15) is 19.3 Å². The first kappa shape index (κ1) is 20.6. The summed E-state index contributed by atoms with van der Waals surface area (Å²) < 4.78 is 16.6. The van der Waals surface area contributed by atoms with Crippen LogP contribution in [0.15, 0.2) is 54.6 Å². The van der Waals surface area contributed by atoms with E-state index in [1.807, 2.05) is 0 Å². The lowest BCUT2D eigenvalue weighted by molar-refractivity contribution is -0.384. The largest absolute Gasteiger partial charge is 0.305 e. The number of nitro benzene ring substituents is 1. The Hall–Kier alpha value is -4.34. The number of rotatable bonds is 5. The van der Waals surface area contributed by atoms with Crippen LogP contribution in [-0.2, 0) is 12.8 Å². The molecular weight excluding hydrogens is 427 g/mol. The van der Waals surface area contributed by atoms with E-state index in [0.29, 0.717) is 28.6 Å². The molecular formula is C23H19FN6O3. The molecule has 2 heterocycles. The van der Waals surface area contributed by atoms with Crippen LogP contribution in [0, 0.1) is 22.9 Å². The van der Waals surface area contributed by atoms with Crippen molar-refractivity contribution in [1.29, 1.82) is 0 Å². The number of nitrogens with one attached hydrogen (secondary N) is 1. The SMILES string of the molecule is Cc1cc(NC(=O)c2nn(-c3ccc(F)cc3)c3c2CCC3)n(-c2ccc([N+](=O)[O-])cc2)n1. The average Bonchev–Trinajstić information content (AvgIpc) is 3.50. The van der Waals surface area contributed by atoms with Crippen molar-refractivity contribution in [1.82, 2.24) is 19.6 Å². The number of anilines is 1. The van der Waals surface area contributed by atoms with Crippen molar-refractivity contribution in [3.8, 4) is 11.4 Å². The van der Waals surface area contributed by atoms with Gasteiger partial charge in [0, 0.05) is 29.5 Å². The molecule has 2 aromatic heterocycles. The first-order valence-corrected chi connectivity index (χ1v) is 10.4. The molecule has 0 saturated heterocycles. The van der Waals surface area contributed by atoms with E-state index >= 15 is 0 Å². The van der Waals surface area contributed by atoms with Crippen molar-refractivity contribution in [3.05, 3.63) is 93.2 Å². The van der Waals surface area contributed by atoms with E-state index in [4.69, 9.17) is 0 Å². The number of benzene rings is 2. The minimum Gasteiger partial charge on any atom is -0.305 e. The summed E-state index contributed by atoms with van der Waals surface area (Å²) in [6.45, 7) is 1.79. The minimum absolute atomic E-state index is 0.0323. The standard InChI is InChI=1S/C23H19FN6O3/c1-14-13-21(29(26-14)17-9-11-18(12-10-17)30(32)33)25-23(31)22-19-3-2-4-20(19)28(27-22)16-7-5-15(24)6-8-16/h5-13H,2-4H2,1H3,(H,25,31). The van der Waals surface area contributed by atoms with E-state index in [2.05, 4.69) is 15.5 Å². The van der Waals surface area contributed by atoms with Crippen LogP contribution in [0.5, 0.6) is 0 Å². The molecule has 1 amide bonds. The number of hydrogen-bond acceptors (Lipinski definition) is 5. The summed E-state index contributed by atoms with van der Waals surface area (Å²) >= 11 is 0. The average molecular weight is 446 g/mol. The van der Waals surface area contributed by atoms with Gasteiger partial charge < -0.3 is 5.32 Å². The Kier molecular flexibility index (Phi) is 4.97. The smallest absolute Gasteiger partial charge is 0.277 e. The van der Waals surface area contributed by atoms with Crippen LogP contribution < -0.4 is 5.32 Å². The Balaban J connectivity index is 1.47. The third-order valence-corrected chi connectivity index (χ3v) is 5.59. The van der Waals surface area contributed by atoms with Crippen LogP contribution in [-0.4, -0.2) is 30.4 Å². The van der Waals surface area contributed by atoms with Crippen molar-refractivity contribution in [3.63, 3.8) is 0 Å². The number of non-ortho nitro benzene ring substituents is 1. The zero-order chi connectivity index (χ0) is 23.1. The number of amides is 1. The number of halogens is 1. The number of aromatic nitrogens is 4. The lowest BCUT2D eigenvalue weighted by Gasteiger charge is -2.08. The highest BCUT2D eigenvalue weighted by atomic mass is 19.1. The summed E-state index contributed by atoms with van der Waals surface area (Å²) in [4.78, 5) is 23.7. The van der Waals surface area contributed by atoms with Gasteiger partial charge in [0.25, 0.3) is 11.6 Å². The molecule has 0 bridgehead atoms. The fraction of sp³-hybridized carbons (Fsp3) is 0.174. The number of hydrogen-bond donors (Lipinski definition) is 1. The third kappa shape index (κ3) is 3.75. The van der Waals surface area contributed by atoms with Crippen LogP contribution >= 0.6 is 0 Å². The molecule has 0 radical (unpaired) electrons. The maximum absolute atomic E-state index is 13.4. The molecule has 5 rings (SSSR count). The molecule has 1 N–H and O–H groups in total. The first-order valence-electron chi connectivity index (χ1n) is 10.4. The minimum atomic E-state index is -0.473. The predicted molar refractivity (Wildman–Crippen MR) is 118 cm³/mol. The van der Waals surface area contributed by atoms with Crippen LogP contribution in [0.3, 0.4) is 0 Å². The molecule has 9 nitrogen and oxygen atoms in total. The van der Waals surface area contributed by atoms with Crippen molar-refractivity contribution in [2.24, 2.45) is 0 Å². The van der Waals surface area contributed by atoms with Gasteiger partial charge in [0.2, 0.25) is 0 Å². The van der Waals surface area contributed by atoms with Crippen LogP contribution in [0.4, 0.5) is 15.9 Å². The third-order valence-electron chi connectivity index (χ3n) is 5.59. The highest BCUT2D eigenvalue weighted by Gasteiger charge is 2.27. The Morgan fingerprint density at radius 3 is 2.39 bits per heavy atom. The van der Waals surface area contributed by atoms with Crippen molar-refractivity contribution in [2.45, 2.75) is 26.2 Å². The molecule has 2 aromatic carbocycles. The van der Waals surface area contributed by atoms with E-state index in [-0.39, 0.29) is 17.4 Å². The topological polar surface area (TPSA) is 108 Å². The molecule has 166 valence electrons. The van der Waals surface area contributed by atoms with E-state index in [1.165, 1.54) is 28.9 Å². The van der Waals surface area contributed by atoms with Gasteiger partial charge in [0.05, 0.1) is 22.0 Å². The Morgan fingerprint density at radius 1 is 1.03 bits per heavy atom. The highest BCUT2D eigenvalue weighted by molar-refractivity contribution is 6.04. The van der Waals surface area contributed by atoms with E-state index in [1.54, 1.807) is 41.9 Å². The number of aryl methyl sites for hydroxylation is 1. The quantitative estimate of drug-likeness (QED) is 0.366. The van der Waals surface area contributed by atoms with Gasteiger partial charge in [-0.1, -0.05) is 0 Å². The Bertz CT molecular complexity index is 1370. The number of nitro groups is 1. The van der Waals surface area contributed by atoms with Crippen molar-refractivity contribution >= 4 is 17.4 Å².